The second kappa shape index (κ2) is 6.42. The predicted octanol–water partition coefficient (Wildman–Crippen LogP) is 1.35. The van der Waals surface area contributed by atoms with Gasteiger partial charge in [-0.3, -0.25) is 20.4 Å². The van der Waals surface area contributed by atoms with E-state index in [-0.39, 0.29) is 0 Å². The highest BCUT2D eigenvalue weighted by Crippen LogP contribution is 2.12. The minimum atomic E-state index is -0.433. The Morgan fingerprint density at radius 1 is 0.952 bits per heavy atom. The number of carbonyl (C=O) groups excluding carboxylic acids is 2. The van der Waals surface area contributed by atoms with Gasteiger partial charge in [-0.05, 0) is 42.5 Å². The summed E-state index contributed by atoms with van der Waals surface area (Å²) in [7, 11) is 1.51. The predicted molar refractivity (Wildman–Crippen MR) is 78.8 cm³/mol. The molecular formula is C15H15N3O3. The van der Waals surface area contributed by atoms with Crippen LogP contribution in [0.4, 0.5) is 5.69 Å². The van der Waals surface area contributed by atoms with Crippen molar-refractivity contribution in [1.29, 1.82) is 0 Å². The van der Waals surface area contributed by atoms with Crippen molar-refractivity contribution in [2.75, 3.05) is 12.8 Å². The van der Waals surface area contributed by atoms with Crippen molar-refractivity contribution in [2.24, 2.45) is 0 Å². The van der Waals surface area contributed by atoms with Gasteiger partial charge < -0.3 is 10.5 Å². The van der Waals surface area contributed by atoms with Gasteiger partial charge in [-0.25, -0.2) is 0 Å². The number of carbonyl (C=O) groups is 2. The molecule has 21 heavy (non-hydrogen) atoms. The summed E-state index contributed by atoms with van der Waals surface area (Å²) < 4.78 is 5.03. The van der Waals surface area contributed by atoms with Crippen LogP contribution in [0.5, 0.6) is 5.75 Å². The van der Waals surface area contributed by atoms with Crippen LogP contribution in [-0.2, 0) is 0 Å². The Balaban J connectivity index is 1.97. The van der Waals surface area contributed by atoms with Crippen molar-refractivity contribution in [3.63, 3.8) is 0 Å². The number of hydrogen-bond donors (Lipinski definition) is 3. The first kappa shape index (κ1) is 14.4. The summed E-state index contributed by atoms with van der Waals surface area (Å²) >= 11 is 0. The van der Waals surface area contributed by atoms with Crippen LogP contribution in [0, 0.1) is 0 Å². The number of amides is 2. The topological polar surface area (TPSA) is 93.5 Å². The van der Waals surface area contributed by atoms with E-state index < -0.39 is 11.8 Å². The maximum atomic E-state index is 11.9. The highest BCUT2D eigenvalue weighted by Gasteiger charge is 2.09. The number of anilines is 1. The third-order valence-corrected chi connectivity index (χ3v) is 2.79. The van der Waals surface area contributed by atoms with Crippen molar-refractivity contribution in [1.82, 2.24) is 10.9 Å². The van der Waals surface area contributed by atoms with E-state index in [0.717, 1.165) is 0 Å². The molecule has 0 aromatic heterocycles. The van der Waals surface area contributed by atoms with Gasteiger partial charge >= 0.3 is 0 Å². The van der Waals surface area contributed by atoms with Gasteiger partial charge in [0.15, 0.2) is 0 Å². The SMILES string of the molecule is COc1cccc(C(=O)NNC(=O)c2ccc(N)cc2)c1. The summed E-state index contributed by atoms with van der Waals surface area (Å²) in [6.07, 6.45) is 0. The van der Waals surface area contributed by atoms with Crippen LogP contribution in [0.3, 0.4) is 0 Å². The summed E-state index contributed by atoms with van der Waals surface area (Å²) in [4.78, 5) is 23.7. The largest absolute Gasteiger partial charge is 0.497 e. The van der Waals surface area contributed by atoms with E-state index in [1.54, 1.807) is 48.5 Å². The molecule has 0 aliphatic rings. The normalized spacial score (nSPS) is 9.76. The number of rotatable bonds is 3. The van der Waals surface area contributed by atoms with E-state index in [1.807, 2.05) is 0 Å². The van der Waals surface area contributed by atoms with Gasteiger partial charge in [-0.1, -0.05) is 6.07 Å². The number of nitrogen functional groups attached to an aromatic ring is 1. The fraction of sp³-hybridized carbons (Fsp3) is 0.0667. The highest BCUT2D eigenvalue weighted by molar-refractivity contribution is 5.99. The minimum Gasteiger partial charge on any atom is -0.497 e. The first-order valence-corrected chi connectivity index (χ1v) is 6.20. The maximum absolute atomic E-state index is 11.9. The average molecular weight is 285 g/mol. The maximum Gasteiger partial charge on any atom is 0.269 e. The zero-order valence-corrected chi connectivity index (χ0v) is 11.4. The van der Waals surface area contributed by atoms with E-state index in [0.29, 0.717) is 22.6 Å². The fourth-order valence-electron chi connectivity index (χ4n) is 1.66. The Labute approximate surface area is 121 Å². The average Bonchev–Trinajstić information content (AvgIpc) is 2.53. The number of nitrogens with two attached hydrogens (primary N) is 1. The molecule has 0 saturated carbocycles. The Hall–Kier alpha value is -3.02. The molecule has 0 radical (unpaired) electrons. The lowest BCUT2D eigenvalue weighted by atomic mass is 10.2. The molecule has 6 heteroatoms. The summed E-state index contributed by atoms with van der Waals surface area (Å²) in [6.45, 7) is 0. The molecule has 0 bridgehead atoms. The van der Waals surface area contributed by atoms with E-state index in [4.69, 9.17) is 10.5 Å². The molecule has 6 nitrogen and oxygen atoms in total. The molecule has 2 rings (SSSR count). The highest BCUT2D eigenvalue weighted by atomic mass is 16.5. The van der Waals surface area contributed by atoms with Gasteiger partial charge in [0.2, 0.25) is 0 Å². The van der Waals surface area contributed by atoms with Crippen LogP contribution in [0.15, 0.2) is 48.5 Å². The Morgan fingerprint density at radius 3 is 2.19 bits per heavy atom. The van der Waals surface area contributed by atoms with Crippen molar-refractivity contribution < 1.29 is 14.3 Å². The number of hydrogen-bond acceptors (Lipinski definition) is 4. The van der Waals surface area contributed by atoms with Crippen molar-refractivity contribution >= 4 is 17.5 Å². The summed E-state index contributed by atoms with van der Waals surface area (Å²) in [5.41, 5.74) is 11.6. The molecule has 108 valence electrons. The molecule has 0 saturated heterocycles. The lowest BCUT2D eigenvalue weighted by Crippen LogP contribution is -2.41. The van der Waals surface area contributed by atoms with Crippen molar-refractivity contribution in [3.8, 4) is 5.75 Å². The number of ether oxygens (including phenoxy) is 1. The van der Waals surface area contributed by atoms with E-state index >= 15 is 0 Å². The first-order chi connectivity index (χ1) is 10.1. The number of methoxy groups -OCH3 is 1. The Bertz CT molecular complexity index is 653. The summed E-state index contributed by atoms with van der Waals surface area (Å²) in [6, 6.07) is 13.0. The van der Waals surface area contributed by atoms with E-state index in [2.05, 4.69) is 10.9 Å². The van der Waals surface area contributed by atoms with E-state index in [9.17, 15) is 9.59 Å². The van der Waals surface area contributed by atoms with Gasteiger partial charge in [0.1, 0.15) is 5.75 Å². The third-order valence-electron chi connectivity index (χ3n) is 2.79. The zero-order chi connectivity index (χ0) is 15.2. The Morgan fingerprint density at radius 2 is 1.57 bits per heavy atom. The summed E-state index contributed by atoms with van der Waals surface area (Å²) in [5.74, 6) is -0.295. The van der Waals surface area contributed by atoms with Gasteiger partial charge in [0, 0.05) is 16.8 Å². The lowest BCUT2D eigenvalue weighted by Gasteiger charge is -2.08. The van der Waals surface area contributed by atoms with Crippen LogP contribution < -0.4 is 21.3 Å². The molecule has 0 fully saturated rings. The number of hydrazine groups is 1. The molecule has 2 amide bonds. The molecule has 0 aliphatic heterocycles. The van der Waals surface area contributed by atoms with Gasteiger partial charge in [0.25, 0.3) is 11.8 Å². The van der Waals surface area contributed by atoms with Crippen molar-refractivity contribution in [2.45, 2.75) is 0 Å². The number of benzene rings is 2. The standard InChI is InChI=1S/C15H15N3O3/c1-21-13-4-2-3-11(9-13)15(20)18-17-14(19)10-5-7-12(16)8-6-10/h2-9H,16H2,1H3,(H,17,19)(H,18,20). The minimum absolute atomic E-state index is 0.381. The molecule has 0 atom stereocenters. The van der Waals surface area contributed by atoms with Crippen LogP contribution in [-0.4, -0.2) is 18.9 Å². The molecule has 2 aromatic rings. The summed E-state index contributed by atoms with van der Waals surface area (Å²) in [5, 5.41) is 0. The van der Waals surface area contributed by atoms with Crippen LogP contribution in [0.2, 0.25) is 0 Å². The van der Waals surface area contributed by atoms with Crippen LogP contribution in [0.1, 0.15) is 20.7 Å². The van der Waals surface area contributed by atoms with E-state index in [1.165, 1.54) is 7.11 Å². The fourth-order valence-corrected chi connectivity index (χ4v) is 1.66. The molecule has 4 N–H and O–H groups in total. The molecule has 2 aromatic carbocycles. The molecule has 0 heterocycles. The first-order valence-electron chi connectivity index (χ1n) is 6.20. The Kier molecular flexibility index (Phi) is 4.40. The second-order valence-electron chi connectivity index (χ2n) is 4.26. The van der Waals surface area contributed by atoms with Gasteiger partial charge in [-0.2, -0.15) is 0 Å². The molecule has 0 aliphatic carbocycles. The quantitative estimate of drug-likeness (QED) is 0.586. The third kappa shape index (κ3) is 3.73. The molecule has 0 spiro atoms. The monoisotopic (exact) mass is 285 g/mol. The smallest absolute Gasteiger partial charge is 0.269 e. The van der Waals surface area contributed by atoms with Crippen LogP contribution in [0.25, 0.3) is 0 Å². The van der Waals surface area contributed by atoms with Gasteiger partial charge in [0.05, 0.1) is 7.11 Å². The van der Waals surface area contributed by atoms with Crippen LogP contribution >= 0.6 is 0 Å². The van der Waals surface area contributed by atoms with Crippen molar-refractivity contribution in [3.05, 3.63) is 59.7 Å². The zero-order valence-electron chi connectivity index (χ0n) is 11.4. The van der Waals surface area contributed by atoms with Gasteiger partial charge in [-0.15, -0.1) is 0 Å². The lowest BCUT2D eigenvalue weighted by molar-refractivity contribution is 0.0846. The second-order valence-corrected chi connectivity index (χ2v) is 4.26. The molecule has 0 unspecified atom stereocenters. The number of nitrogens with one attached hydrogen (secondary N) is 2. The molecular weight excluding hydrogens is 270 g/mol.